The highest BCUT2D eigenvalue weighted by molar-refractivity contribution is 5.46. The molecule has 3 N–H and O–H groups in total. The minimum Gasteiger partial charge on any atom is -0.386 e. The Labute approximate surface area is 113 Å². The zero-order valence-electron chi connectivity index (χ0n) is 13.1. The van der Waals surface area contributed by atoms with E-state index in [-0.39, 0.29) is 23.6 Å². The van der Waals surface area contributed by atoms with Gasteiger partial charge in [-0.1, -0.05) is 33.6 Å². The van der Waals surface area contributed by atoms with Gasteiger partial charge < -0.3 is 10.8 Å². The van der Waals surface area contributed by atoms with Crippen LogP contribution in [-0.2, 0) is 0 Å². The Kier molecular flexibility index (Phi) is 7.72. The maximum Gasteiger partial charge on any atom is 0.184 e. The molecular formula is C15H33N2O+. The van der Waals surface area contributed by atoms with Crippen molar-refractivity contribution >= 4 is 6.21 Å². The van der Waals surface area contributed by atoms with Crippen LogP contribution in [0.2, 0.25) is 0 Å². The van der Waals surface area contributed by atoms with Crippen LogP contribution >= 0.6 is 0 Å². The molecule has 0 saturated carbocycles. The molecule has 0 heterocycles. The fourth-order valence-electron chi connectivity index (χ4n) is 2.71. The first kappa shape index (κ1) is 17.6. The molecule has 4 unspecified atom stereocenters. The third-order valence-electron chi connectivity index (χ3n) is 4.54. The standard InChI is InChI=1S/C15H33N2O/c1-7-10-11-13(18)14(17(6)9-3)15(5,8-2)12(4)16/h9,12-14,18H,7-8,10-11,16H2,1-6H3/q+1. The summed E-state index contributed by atoms with van der Waals surface area (Å²) >= 11 is 0. The predicted octanol–water partition coefficient (Wildman–Crippen LogP) is 2.40. The molecule has 0 aliphatic rings. The third kappa shape index (κ3) is 4.06. The van der Waals surface area contributed by atoms with Crippen molar-refractivity contribution in [3.63, 3.8) is 0 Å². The van der Waals surface area contributed by atoms with Gasteiger partial charge in [-0.25, -0.2) is 4.58 Å². The van der Waals surface area contributed by atoms with E-state index in [2.05, 4.69) is 25.3 Å². The Bertz CT molecular complexity index is 263. The lowest BCUT2D eigenvalue weighted by atomic mass is 9.71. The number of unbranched alkanes of at least 4 members (excludes halogenated alkanes) is 1. The van der Waals surface area contributed by atoms with Crippen LogP contribution in [0.25, 0.3) is 0 Å². The molecule has 0 amide bonds. The number of nitrogens with zero attached hydrogens (tertiary/aromatic N) is 1. The molecule has 108 valence electrons. The fourth-order valence-corrected chi connectivity index (χ4v) is 2.71. The highest BCUT2D eigenvalue weighted by atomic mass is 16.3. The van der Waals surface area contributed by atoms with Crippen LogP contribution < -0.4 is 5.73 Å². The minimum absolute atomic E-state index is 0.0613. The van der Waals surface area contributed by atoms with Crippen LogP contribution in [0.5, 0.6) is 0 Å². The number of rotatable bonds is 8. The first-order chi connectivity index (χ1) is 8.34. The summed E-state index contributed by atoms with van der Waals surface area (Å²) in [6.45, 7) is 10.6. The molecule has 3 nitrogen and oxygen atoms in total. The van der Waals surface area contributed by atoms with Crippen LogP contribution in [0.4, 0.5) is 0 Å². The quantitative estimate of drug-likeness (QED) is 0.518. The van der Waals surface area contributed by atoms with Crippen LogP contribution in [0.3, 0.4) is 0 Å². The number of likely N-dealkylation sites (N-methyl/N-ethyl adjacent to an activating group) is 1. The fraction of sp³-hybridized carbons (Fsp3) is 0.933. The summed E-state index contributed by atoms with van der Waals surface area (Å²) in [6.07, 6.45) is 5.72. The van der Waals surface area contributed by atoms with Crippen LogP contribution in [0, 0.1) is 5.41 Å². The van der Waals surface area contributed by atoms with Crippen molar-refractivity contribution in [1.29, 1.82) is 0 Å². The molecule has 0 bridgehead atoms. The van der Waals surface area contributed by atoms with E-state index in [0.29, 0.717) is 0 Å². The average Bonchev–Trinajstić information content (AvgIpc) is 2.35. The highest BCUT2D eigenvalue weighted by Gasteiger charge is 2.46. The molecule has 0 spiro atoms. The van der Waals surface area contributed by atoms with Gasteiger partial charge in [0.2, 0.25) is 0 Å². The molecular weight excluding hydrogens is 224 g/mol. The third-order valence-corrected chi connectivity index (χ3v) is 4.54. The number of nitrogens with two attached hydrogens (primary N) is 1. The van der Waals surface area contributed by atoms with Gasteiger partial charge in [-0.15, -0.1) is 0 Å². The molecule has 18 heavy (non-hydrogen) atoms. The van der Waals surface area contributed by atoms with Gasteiger partial charge in [0.1, 0.15) is 19.4 Å². The van der Waals surface area contributed by atoms with Gasteiger partial charge in [0.15, 0.2) is 6.04 Å². The summed E-state index contributed by atoms with van der Waals surface area (Å²) < 4.78 is 2.13. The molecule has 0 fully saturated rings. The van der Waals surface area contributed by atoms with E-state index >= 15 is 0 Å². The van der Waals surface area contributed by atoms with Crippen molar-refractivity contribution in [3.05, 3.63) is 0 Å². The van der Waals surface area contributed by atoms with Crippen molar-refractivity contribution in [2.45, 2.75) is 78.5 Å². The van der Waals surface area contributed by atoms with E-state index in [4.69, 9.17) is 5.73 Å². The molecule has 0 saturated heterocycles. The maximum absolute atomic E-state index is 10.5. The van der Waals surface area contributed by atoms with E-state index in [9.17, 15) is 5.11 Å². The first-order valence-corrected chi connectivity index (χ1v) is 7.30. The van der Waals surface area contributed by atoms with E-state index in [1.807, 2.05) is 27.1 Å². The van der Waals surface area contributed by atoms with Crippen molar-refractivity contribution in [1.82, 2.24) is 0 Å². The second-order valence-corrected chi connectivity index (χ2v) is 5.73. The summed E-state index contributed by atoms with van der Waals surface area (Å²) in [5.41, 5.74) is 6.11. The first-order valence-electron chi connectivity index (χ1n) is 7.30. The topological polar surface area (TPSA) is 49.3 Å². The normalized spacial score (nSPS) is 21.2. The maximum atomic E-state index is 10.5. The Balaban J connectivity index is 5.21. The number of aliphatic hydroxyl groups excluding tert-OH is 1. The molecule has 0 aliphatic carbocycles. The predicted molar refractivity (Wildman–Crippen MR) is 79.3 cm³/mol. The minimum atomic E-state index is -0.318. The van der Waals surface area contributed by atoms with Gasteiger partial charge in [-0.05, 0) is 19.8 Å². The Hall–Kier alpha value is -0.410. The summed E-state index contributed by atoms with van der Waals surface area (Å²) in [4.78, 5) is 0. The SMILES string of the molecule is CC=[N+](C)C(C(O)CCCC)C(C)(CC)C(C)N. The zero-order chi connectivity index (χ0) is 14.3. The molecule has 0 radical (unpaired) electrons. The molecule has 0 aromatic heterocycles. The summed E-state index contributed by atoms with van der Waals surface area (Å²) in [5, 5.41) is 10.5. The van der Waals surface area contributed by atoms with Gasteiger partial charge in [-0.2, -0.15) is 0 Å². The van der Waals surface area contributed by atoms with Gasteiger partial charge in [0, 0.05) is 18.4 Å². The largest absolute Gasteiger partial charge is 0.386 e. The molecule has 3 heteroatoms. The Morgan fingerprint density at radius 2 is 1.94 bits per heavy atom. The second kappa shape index (κ2) is 7.90. The highest BCUT2D eigenvalue weighted by Crippen LogP contribution is 2.34. The van der Waals surface area contributed by atoms with Crippen molar-refractivity contribution in [2.75, 3.05) is 7.05 Å². The number of aliphatic hydroxyl groups is 1. The van der Waals surface area contributed by atoms with Gasteiger partial charge in [0.25, 0.3) is 0 Å². The summed E-state index contributed by atoms with van der Waals surface area (Å²) in [5.74, 6) is 0. The second-order valence-electron chi connectivity index (χ2n) is 5.73. The van der Waals surface area contributed by atoms with E-state index in [1.165, 1.54) is 0 Å². The van der Waals surface area contributed by atoms with Crippen LogP contribution in [0.1, 0.15) is 60.3 Å². The molecule has 0 aromatic rings. The summed E-state index contributed by atoms with van der Waals surface area (Å²) in [7, 11) is 2.04. The van der Waals surface area contributed by atoms with Crippen molar-refractivity contribution in [3.8, 4) is 0 Å². The van der Waals surface area contributed by atoms with E-state index in [1.54, 1.807) is 0 Å². The average molecular weight is 257 g/mol. The van der Waals surface area contributed by atoms with Crippen LogP contribution in [0.15, 0.2) is 0 Å². The lowest BCUT2D eigenvalue weighted by Crippen LogP contribution is -2.55. The Morgan fingerprint density at radius 1 is 1.39 bits per heavy atom. The molecule has 0 aromatic carbocycles. The molecule has 0 rings (SSSR count). The van der Waals surface area contributed by atoms with Crippen LogP contribution in [-0.4, -0.2) is 41.1 Å². The molecule has 0 aliphatic heterocycles. The smallest absolute Gasteiger partial charge is 0.184 e. The monoisotopic (exact) mass is 257 g/mol. The lowest BCUT2D eigenvalue weighted by molar-refractivity contribution is -0.566. The number of hydrogen-bond donors (Lipinski definition) is 2. The number of hydrogen-bond acceptors (Lipinski definition) is 2. The zero-order valence-corrected chi connectivity index (χ0v) is 13.1. The van der Waals surface area contributed by atoms with Crippen molar-refractivity contribution in [2.24, 2.45) is 11.1 Å². The Morgan fingerprint density at radius 3 is 2.28 bits per heavy atom. The molecule has 4 atom stereocenters. The van der Waals surface area contributed by atoms with Gasteiger partial charge in [0.05, 0.1) is 0 Å². The summed E-state index contributed by atoms with van der Waals surface area (Å²) in [6, 6.07) is 0.144. The van der Waals surface area contributed by atoms with E-state index < -0.39 is 0 Å². The lowest BCUT2D eigenvalue weighted by Gasteiger charge is -2.39. The van der Waals surface area contributed by atoms with E-state index in [0.717, 1.165) is 25.7 Å². The van der Waals surface area contributed by atoms with Gasteiger partial charge in [-0.3, -0.25) is 0 Å². The van der Waals surface area contributed by atoms with Gasteiger partial charge >= 0.3 is 0 Å². The van der Waals surface area contributed by atoms with Crippen molar-refractivity contribution < 1.29 is 9.68 Å².